The fourth-order valence-corrected chi connectivity index (χ4v) is 4.10. The van der Waals surface area contributed by atoms with E-state index in [0.717, 1.165) is 48.8 Å². The molecular formula is C24H36Cl2N2O3. The maximum Gasteiger partial charge on any atom is 0.164 e. The number of nitrogens with one attached hydrogen (secondary N) is 1. The van der Waals surface area contributed by atoms with E-state index in [1.165, 1.54) is 0 Å². The zero-order valence-corrected chi connectivity index (χ0v) is 20.8. The van der Waals surface area contributed by atoms with Gasteiger partial charge in [-0.3, -0.25) is 4.90 Å². The Labute approximate surface area is 199 Å². The van der Waals surface area contributed by atoms with Crippen LogP contribution in [0.25, 0.3) is 0 Å². The van der Waals surface area contributed by atoms with Crippen molar-refractivity contribution in [2.45, 2.75) is 33.4 Å². The van der Waals surface area contributed by atoms with Crippen molar-refractivity contribution in [1.82, 2.24) is 10.2 Å². The second-order valence-electron chi connectivity index (χ2n) is 8.57. The van der Waals surface area contributed by atoms with Gasteiger partial charge in [0.1, 0.15) is 12.4 Å². The Morgan fingerprint density at radius 2 is 1.48 bits per heavy atom. The van der Waals surface area contributed by atoms with Gasteiger partial charge in [0.15, 0.2) is 11.5 Å². The summed E-state index contributed by atoms with van der Waals surface area (Å²) in [4.78, 5) is 2.55. The van der Waals surface area contributed by atoms with Gasteiger partial charge in [-0.15, -0.1) is 24.8 Å². The van der Waals surface area contributed by atoms with Crippen molar-refractivity contribution in [3.05, 3.63) is 53.6 Å². The Morgan fingerprint density at radius 3 is 2.03 bits per heavy atom. The normalized spacial score (nSPS) is 15.3. The molecule has 0 radical (unpaired) electrons. The molecule has 3 rings (SSSR count). The average molecular weight is 471 g/mol. The lowest BCUT2D eigenvalue weighted by atomic mass is 9.80. The zero-order chi connectivity index (χ0) is 20.9. The molecule has 1 heterocycles. The van der Waals surface area contributed by atoms with E-state index in [-0.39, 0.29) is 36.3 Å². The summed E-state index contributed by atoms with van der Waals surface area (Å²) in [5.41, 5.74) is 2.32. The lowest BCUT2D eigenvalue weighted by Crippen LogP contribution is -2.48. The van der Waals surface area contributed by atoms with Gasteiger partial charge in [-0.2, -0.15) is 0 Å². The average Bonchev–Trinajstić information content (AvgIpc) is 2.73. The fraction of sp³-hybridized carbons (Fsp3) is 0.500. The van der Waals surface area contributed by atoms with Crippen molar-refractivity contribution < 1.29 is 14.2 Å². The number of hydrogen-bond acceptors (Lipinski definition) is 5. The molecule has 2 aromatic carbocycles. The minimum atomic E-state index is 0. The molecule has 0 aliphatic carbocycles. The number of hydrogen-bond donors (Lipinski definition) is 1. The Hall–Kier alpha value is -1.66. The van der Waals surface area contributed by atoms with Crippen LogP contribution in [0.1, 0.15) is 37.9 Å². The second kappa shape index (κ2) is 12.4. The molecule has 1 N–H and O–H groups in total. The van der Waals surface area contributed by atoms with Crippen LogP contribution < -0.4 is 19.5 Å². The van der Waals surface area contributed by atoms with Crippen LogP contribution in [0.5, 0.6) is 17.2 Å². The van der Waals surface area contributed by atoms with Crippen LogP contribution in [-0.4, -0.2) is 45.3 Å². The molecule has 1 aliphatic rings. The van der Waals surface area contributed by atoms with E-state index >= 15 is 0 Å². The number of benzene rings is 2. The third kappa shape index (κ3) is 6.91. The van der Waals surface area contributed by atoms with Crippen LogP contribution in [0, 0.1) is 5.41 Å². The molecule has 0 bridgehead atoms. The zero-order valence-electron chi connectivity index (χ0n) is 19.1. The highest BCUT2D eigenvalue weighted by atomic mass is 35.5. The van der Waals surface area contributed by atoms with Gasteiger partial charge in [-0.05, 0) is 17.0 Å². The first-order valence-electron chi connectivity index (χ1n) is 10.3. The summed E-state index contributed by atoms with van der Waals surface area (Å²) in [6.45, 7) is 11.4. The Morgan fingerprint density at radius 1 is 0.903 bits per heavy atom. The molecule has 1 fully saturated rings. The molecular weight excluding hydrogens is 435 g/mol. The Bertz CT molecular complexity index is 791. The maximum absolute atomic E-state index is 6.35. The van der Waals surface area contributed by atoms with E-state index < -0.39 is 0 Å². The monoisotopic (exact) mass is 470 g/mol. The summed E-state index contributed by atoms with van der Waals surface area (Å²) in [6, 6.07) is 14.5. The third-order valence-electron chi connectivity index (χ3n) is 5.38. The highest BCUT2D eigenvalue weighted by Crippen LogP contribution is 2.46. The molecule has 1 aliphatic heterocycles. The summed E-state index contributed by atoms with van der Waals surface area (Å²) in [6.07, 6.45) is 0. The van der Waals surface area contributed by atoms with E-state index in [2.05, 4.69) is 49.2 Å². The third-order valence-corrected chi connectivity index (χ3v) is 5.38. The topological polar surface area (TPSA) is 43.0 Å². The Balaban J connectivity index is 0.00000240. The van der Waals surface area contributed by atoms with Gasteiger partial charge in [0.2, 0.25) is 0 Å². The van der Waals surface area contributed by atoms with Crippen LogP contribution in [0.2, 0.25) is 0 Å². The van der Waals surface area contributed by atoms with E-state index in [1.807, 2.05) is 24.3 Å². The number of rotatable bonds is 7. The van der Waals surface area contributed by atoms with Crippen LogP contribution >= 0.6 is 24.8 Å². The fourth-order valence-electron chi connectivity index (χ4n) is 4.10. The van der Waals surface area contributed by atoms with Crippen LogP contribution in [0.4, 0.5) is 0 Å². The highest BCUT2D eigenvalue weighted by Gasteiger charge is 2.35. The lowest BCUT2D eigenvalue weighted by molar-refractivity contribution is 0.0829. The summed E-state index contributed by atoms with van der Waals surface area (Å²) in [5, 5.41) is 3.46. The molecule has 174 valence electrons. The van der Waals surface area contributed by atoms with E-state index in [9.17, 15) is 0 Å². The smallest absolute Gasteiger partial charge is 0.164 e. The first kappa shape index (κ1) is 27.4. The highest BCUT2D eigenvalue weighted by molar-refractivity contribution is 5.85. The van der Waals surface area contributed by atoms with E-state index in [4.69, 9.17) is 14.2 Å². The summed E-state index contributed by atoms with van der Waals surface area (Å²) < 4.78 is 17.6. The van der Waals surface area contributed by atoms with Crippen LogP contribution in [0.3, 0.4) is 0 Å². The van der Waals surface area contributed by atoms with Gasteiger partial charge < -0.3 is 19.5 Å². The molecule has 0 unspecified atom stereocenters. The second-order valence-corrected chi connectivity index (χ2v) is 8.57. The van der Waals surface area contributed by atoms with Crippen molar-refractivity contribution >= 4 is 24.8 Å². The molecule has 7 heteroatoms. The molecule has 0 aromatic heterocycles. The van der Waals surface area contributed by atoms with Gasteiger partial charge in [-0.1, -0.05) is 51.1 Å². The van der Waals surface area contributed by atoms with Crippen molar-refractivity contribution in [3.63, 3.8) is 0 Å². The minimum absolute atomic E-state index is 0. The predicted molar refractivity (Wildman–Crippen MR) is 131 cm³/mol. The molecule has 31 heavy (non-hydrogen) atoms. The minimum Gasteiger partial charge on any atom is -0.493 e. The molecule has 0 spiro atoms. The molecule has 2 aromatic rings. The SMILES string of the molecule is COc1cc(OCc2ccccc2)c([C@@H](N2CCNCC2)C(C)(C)C)cc1OC.Cl.Cl. The van der Waals surface area contributed by atoms with Gasteiger partial charge in [0.25, 0.3) is 0 Å². The summed E-state index contributed by atoms with van der Waals surface area (Å²) >= 11 is 0. The number of ether oxygens (including phenoxy) is 3. The predicted octanol–water partition coefficient (Wildman–Crippen LogP) is 5.12. The van der Waals surface area contributed by atoms with Gasteiger partial charge in [0.05, 0.1) is 14.2 Å². The molecule has 5 nitrogen and oxygen atoms in total. The number of nitrogens with zero attached hydrogens (tertiary/aromatic N) is 1. The lowest BCUT2D eigenvalue weighted by Gasteiger charge is -2.43. The van der Waals surface area contributed by atoms with Crippen molar-refractivity contribution in [1.29, 1.82) is 0 Å². The van der Waals surface area contributed by atoms with Gasteiger partial charge >= 0.3 is 0 Å². The van der Waals surface area contributed by atoms with Crippen LogP contribution in [-0.2, 0) is 6.61 Å². The number of methoxy groups -OCH3 is 2. The maximum atomic E-state index is 6.35. The molecule has 1 saturated heterocycles. The van der Waals surface area contributed by atoms with Crippen molar-refractivity contribution in [3.8, 4) is 17.2 Å². The summed E-state index contributed by atoms with van der Waals surface area (Å²) in [7, 11) is 3.35. The van der Waals surface area contributed by atoms with Crippen molar-refractivity contribution in [2.24, 2.45) is 5.41 Å². The van der Waals surface area contributed by atoms with Crippen LogP contribution in [0.15, 0.2) is 42.5 Å². The van der Waals surface area contributed by atoms with Crippen molar-refractivity contribution in [2.75, 3.05) is 40.4 Å². The number of halogens is 2. The summed E-state index contributed by atoms with van der Waals surface area (Å²) in [5.74, 6) is 2.27. The van der Waals surface area contributed by atoms with Gasteiger partial charge in [-0.25, -0.2) is 0 Å². The van der Waals surface area contributed by atoms with Gasteiger partial charge in [0, 0.05) is 43.9 Å². The van der Waals surface area contributed by atoms with E-state index in [1.54, 1.807) is 14.2 Å². The largest absolute Gasteiger partial charge is 0.493 e. The first-order valence-corrected chi connectivity index (χ1v) is 10.3. The molecule has 1 atom stereocenters. The molecule has 0 saturated carbocycles. The first-order chi connectivity index (χ1) is 13.9. The molecule has 0 amide bonds. The quantitative estimate of drug-likeness (QED) is 0.608. The number of piperazine rings is 1. The van der Waals surface area contributed by atoms with E-state index in [0.29, 0.717) is 12.4 Å². The standard InChI is InChI=1S/C24H34N2O3.2ClH/c1-24(2,3)23(26-13-11-25-12-14-26)19-15-21(27-4)22(28-5)16-20(19)29-17-18-9-7-6-8-10-18;;/h6-10,15-16,23,25H,11-14,17H2,1-5H3;2*1H/t23-;;/m1../s1. The Kier molecular flexibility index (Phi) is 10.9.